The third-order valence-electron chi connectivity index (χ3n) is 2.09. The van der Waals surface area contributed by atoms with Gasteiger partial charge in [-0.3, -0.25) is 0 Å². The van der Waals surface area contributed by atoms with Crippen molar-refractivity contribution in [3.8, 4) is 5.75 Å². The summed E-state index contributed by atoms with van der Waals surface area (Å²) in [6, 6.07) is 7.40. The number of nitrogen functional groups attached to an aromatic ring is 1. The molecule has 2 nitrogen and oxygen atoms in total. The molecule has 76 valence electrons. The van der Waals surface area contributed by atoms with E-state index in [4.69, 9.17) is 10.5 Å². The van der Waals surface area contributed by atoms with E-state index in [-0.39, 0.29) is 6.10 Å². The van der Waals surface area contributed by atoms with Crippen molar-refractivity contribution in [1.82, 2.24) is 0 Å². The van der Waals surface area contributed by atoms with Crippen LogP contribution >= 0.6 is 0 Å². The molecule has 0 aromatic heterocycles. The molecule has 2 N–H and O–H groups in total. The molecule has 1 aromatic carbocycles. The Kier molecular flexibility index (Phi) is 2.88. The number of ether oxygens (including phenoxy) is 1. The first-order chi connectivity index (χ1) is 7.34. The maximum atomic E-state index is 5.72. The summed E-state index contributed by atoms with van der Waals surface area (Å²) in [5.41, 5.74) is 6.34. The lowest BCUT2D eigenvalue weighted by Gasteiger charge is -2.11. The standard InChI is InChI=1S/C13H13NO/c14-11-7-9-13(10-8-11)15-12-5-3-1-2-4-6-12/h1-10,12H,14H2. The van der Waals surface area contributed by atoms with Crippen molar-refractivity contribution >= 4 is 5.69 Å². The van der Waals surface area contributed by atoms with Gasteiger partial charge in [0.25, 0.3) is 0 Å². The number of nitrogens with two attached hydrogens (primary N) is 1. The molecular weight excluding hydrogens is 186 g/mol. The summed E-state index contributed by atoms with van der Waals surface area (Å²) in [6.07, 6.45) is 11.9. The minimum atomic E-state index is -0.0105. The molecule has 0 saturated carbocycles. The molecule has 0 spiro atoms. The van der Waals surface area contributed by atoms with Gasteiger partial charge in [-0.2, -0.15) is 0 Å². The molecule has 1 aliphatic carbocycles. The third kappa shape index (κ3) is 2.74. The lowest BCUT2D eigenvalue weighted by Crippen LogP contribution is -2.09. The molecule has 0 atom stereocenters. The average molecular weight is 199 g/mol. The Morgan fingerprint density at radius 3 is 2.07 bits per heavy atom. The first kappa shape index (κ1) is 9.59. The molecule has 0 aliphatic heterocycles. The fraction of sp³-hybridized carbons (Fsp3) is 0.0769. The summed E-state index contributed by atoms with van der Waals surface area (Å²) < 4.78 is 5.72. The molecule has 0 bridgehead atoms. The molecule has 0 saturated heterocycles. The normalized spacial score (nSPS) is 15.2. The van der Waals surface area contributed by atoms with Crippen LogP contribution in [0, 0.1) is 0 Å². The zero-order chi connectivity index (χ0) is 10.5. The van der Waals surface area contributed by atoms with Crippen molar-refractivity contribution in [2.75, 3.05) is 5.73 Å². The predicted octanol–water partition coefficient (Wildman–Crippen LogP) is 2.70. The number of benzene rings is 1. The van der Waals surface area contributed by atoms with E-state index in [1.807, 2.05) is 60.7 Å². The van der Waals surface area contributed by atoms with Gasteiger partial charge in [-0.15, -0.1) is 0 Å². The smallest absolute Gasteiger partial charge is 0.136 e. The van der Waals surface area contributed by atoms with E-state index in [1.165, 1.54) is 0 Å². The first-order valence-corrected chi connectivity index (χ1v) is 4.88. The highest BCUT2D eigenvalue weighted by molar-refractivity contribution is 5.41. The van der Waals surface area contributed by atoms with E-state index in [2.05, 4.69) is 0 Å². The lowest BCUT2D eigenvalue weighted by atomic mass is 10.3. The summed E-state index contributed by atoms with van der Waals surface area (Å²) in [5, 5.41) is 0. The van der Waals surface area contributed by atoms with Gasteiger partial charge in [-0.1, -0.05) is 24.3 Å². The summed E-state index contributed by atoms with van der Waals surface area (Å²) in [6.45, 7) is 0. The minimum Gasteiger partial charge on any atom is -0.482 e. The Morgan fingerprint density at radius 2 is 1.47 bits per heavy atom. The quantitative estimate of drug-likeness (QED) is 0.743. The monoisotopic (exact) mass is 199 g/mol. The van der Waals surface area contributed by atoms with Crippen molar-refractivity contribution < 1.29 is 4.74 Å². The molecule has 0 radical (unpaired) electrons. The van der Waals surface area contributed by atoms with Crippen LogP contribution in [0.1, 0.15) is 0 Å². The van der Waals surface area contributed by atoms with Crippen LogP contribution in [0.25, 0.3) is 0 Å². The van der Waals surface area contributed by atoms with Crippen molar-refractivity contribution in [2.45, 2.75) is 6.10 Å². The van der Waals surface area contributed by atoms with Gasteiger partial charge in [-0.05, 0) is 36.4 Å². The van der Waals surface area contributed by atoms with Crippen molar-refractivity contribution in [3.63, 3.8) is 0 Å². The number of hydrogen-bond acceptors (Lipinski definition) is 2. The van der Waals surface area contributed by atoms with Crippen LogP contribution < -0.4 is 10.5 Å². The van der Waals surface area contributed by atoms with Crippen molar-refractivity contribution in [3.05, 3.63) is 60.7 Å². The second-order valence-electron chi connectivity index (χ2n) is 3.31. The fourth-order valence-corrected chi connectivity index (χ4v) is 1.32. The Morgan fingerprint density at radius 1 is 0.867 bits per heavy atom. The number of rotatable bonds is 2. The zero-order valence-corrected chi connectivity index (χ0v) is 8.34. The van der Waals surface area contributed by atoms with E-state index in [0.717, 1.165) is 11.4 Å². The highest BCUT2D eigenvalue weighted by Crippen LogP contribution is 2.16. The summed E-state index contributed by atoms with van der Waals surface area (Å²) in [4.78, 5) is 0. The molecule has 0 heterocycles. The maximum absolute atomic E-state index is 5.72. The van der Waals surface area contributed by atoms with Crippen LogP contribution in [-0.2, 0) is 0 Å². The lowest BCUT2D eigenvalue weighted by molar-refractivity contribution is 0.296. The Balaban J connectivity index is 2.05. The molecule has 2 rings (SSSR count). The molecule has 15 heavy (non-hydrogen) atoms. The minimum absolute atomic E-state index is 0.0105. The van der Waals surface area contributed by atoms with Gasteiger partial charge in [0.1, 0.15) is 11.9 Å². The van der Waals surface area contributed by atoms with Gasteiger partial charge in [-0.25, -0.2) is 0 Å². The predicted molar refractivity (Wildman–Crippen MR) is 62.7 cm³/mol. The molecule has 1 aromatic rings. The Labute approximate surface area is 89.4 Å². The van der Waals surface area contributed by atoms with Gasteiger partial charge in [0, 0.05) is 5.69 Å². The summed E-state index contributed by atoms with van der Waals surface area (Å²) in [7, 11) is 0. The van der Waals surface area contributed by atoms with Crippen molar-refractivity contribution in [2.24, 2.45) is 0 Å². The van der Waals surface area contributed by atoms with E-state index < -0.39 is 0 Å². The van der Waals surface area contributed by atoms with Gasteiger partial charge < -0.3 is 10.5 Å². The largest absolute Gasteiger partial charge is 0.482 e. The Hall–Kier alpha value is -1.96. The molecule has 1 aliphatic rings. The zero-order valence-electron chi connectivity index (χ0n) is 8.34. The average Bonchev–Trinajstić information content (AvgIpc) is 2.50. The fourth-order valence-electron chi connectivity index (χ4n) is 1.32. The third-order valence-corrected chi connectivity index (χ3v) is 2.09. The van der Waals surface area contributed by atoms with Crippen LogP contribution in [0.5, 0.6) is 5.75 Å². The molecule has 2 heteroatoms. The maximum Gasteiger partial charge on any atom is 0.136 e. The molecule has 0 fully saturated rings. The van der Waals surface area contributed by atoms with Crippen LogP contribution in [0.15, 0.2) is 60.7 Å². The highest BCUT2D eigenvalue weighted by atomic mass is 16.5. The Bertz CT molecular complexity index is 385. The van der Waals surface area contributed by atoms with Crippen molar-refractivity contribution in [1.29, 1.82) is 0 Å². The van der Waals surface area contributed by atoms with Gasteiger partial charge in [0.15, 0.2) is 0 Å². The second-order valence-corrected chi connectivity index (χ2v) is 3.31. The molecular formula is C13H13NO. The first-order valence-electron chi connectivity index (χ1n) is 4.88. The van der Waals surface area contributed by atoms with Crippen LogP contribution in [0.3, 0.4) is 0 Å². The van der Waals surface area contributed by atoms with Crippen LogP contribution in [0.2, 0.25) is 0 Å². The van der Waals surface area contributed by atoms with E-state index >= 15 is 0 Å². The van der Waals surface area contributed by atoms with Gasteiger partial charge in [0.05, 0.1) is 0 Å². The van der Waals surface area contributed by atoms with E-state index in [0.29, 0.717) is 0 Å². The van der Waals surface area contributed by atoms with E-state index in [1.54, 1.807) is 0 Å². The van der Waals surface area contributed by atoms with E-state index in [9.17, 15) is 0 Å². The number of hydrogen-bond donors (Lipinski definition) is 1. The second kappa shape index (κ2) is 4.51. The molecule has 0 amide bonds. The number of allylic oxidation sites excluding steroid dienone is 4. The topological polar surface area (TPSA) is 35.2 Å². The van der Waals surface area contributed by atoms with Crippen LogP contribution in [0.4, 0.5) is 5.69 Å². The molecule has 0 unspecified atom stereocenters. The number of anilines is 1. The van der Waals surface area contributed by atoms with Gasteiger partial charge in [0.2, 0.25) is 0 Å². The summed E-state index contributed by atoms with van der Waals surface area (Å²) in [5.74, 6) is 0.824. The SMILES string of the molecule is Nc1ccc(OC2C=CC=CC=C2)cc1. The van der Waals surface area contributed by atoms with Gasteiger partial charge >= 0.3 is 0 Å². The summed E-state index contributed by atoms with van der Waals surface area (Å²) >= 11 is 0. The van der Waals surface area contributed by atoms with Crippen LogP contribution in [-0.4, -0.2) is 6.10 Å². The highest BCUT2D eigenvalue weighted by Gasteiger charge is 2.02.